The number of hydrogen-bond donors (Lipinski definition) is 0. The molecule has 16 heteroatoms. The molecule has 0 aromatic heterocycles. The van der Waals surface area contributed by atoms with Gasteiger partial charge in [0.2, 0.25) is 0 Å². The number of Topliss-reactive ketones (excluding diaryl/α,β-unsaturated/α-hetero) is 1. The van der Waals surface area contributed by atoms with E-state index in [1.807, 2.05) is 94.9 Å². The van der Waals surface area contributed by atoms with E-state index in [0.717, 1.165) is 0 Å². The van der Waals surface area contributed by atoms with Gasteiger partial charge in [-0.25, -0.2) is 0 Å². The summed E-state index contributed by atoms with van der Waals surface area (Å²) in [5.41, 5.74) is -5.41. The average molecular weight is 976 g/mol. The molecule has 0 fully saturated rings. The van der Waals surface area contributed by atoms with Gasteiger partial charge < -0.3 is 33.2 Å². The standard InChI is InChI=1S/C34H63N3O9.C17H34O4.CH4/c1-30(2,3)25(38)20-36(22-27(40)44-32(7,8)9)18-16-35(21-26(39)43-31(4,5)6)17-19-37(23-28(41)45-33(10,11)12)24-29(42)46-34(13,14)15;1-14(2,3)19-11-17(10,12-20-15(4,5)6)13(18)21-16(7,8)9;/h16-24H2,1-15H3;11-12H2,1-10H3;1H4. The second-order valence-electron chi connectivity index (χ2n) is 25.6. The average Bonchev–Trinajstić information content (AvgIpc) is 3.02. The van der Waals surface area contributed by atoms with Crippen LogP contribution >= 0.6 is 0 Å². The largest absolute Gasteiger partial charge is 0.459 e. The van der Waals surface area contributed by atoms with Gasteiger partial charge in [-0.15, -0.1) is 0 Å². The van der Waals surface area contributed by atoms with Crippen LogP contribution in [-0.4, -0.2) is 162 Å². The van der Waals surface area contributed by atoms with Crippen molar-refractivity contribution in [1.29, 1.82) is 0 Å². The normalized spacial score (nSPS) is 13.3. The van der Waals surface area contributed by atoms with E-state index >= 15 is 0 Å². The summed E-state index contributed by atoms with van der Waals surface area (Å²) in [4.78, 5) is 81.7. The van der Waals surface area contributed by atoms with Gasteiger partial charge in [0.05, 0.1) is 57.1 Å². The fourth-order valence-electron chi connectivity index (χ4n) is 5.24. The minimum Gasteiger partial charge on any atom is -0.459 e. The van der Waals surface area contributed by atoms with Crippen LogP contribution in [0.15, 0.2) is 0 Å². The quantitative estimate of drug-likeness (QED) is 0.0790. The van der Waals surface area contributed by atoms with Crippen LogP contribution in [0.5, 0.6) is 0 Å². The van der Waals surface area contributed by atoms with Crippen LogP contribution in [-0.2, 0) is 61.9 Å². The predicted octanol–water partition coefficient (Wildman–Crippen LogP) is 8.48. The number of nitrogens with zero attached hydrogens (tertiary/aromatic N) is 3. The Kier molecular flexibility index (Phi) is 27.9. The molecular weight excluding hydrogens is 875 g/mol. The van der Waals surface area contributed by atoms with Gasteiger partial charge in [0.1, 0.15) is 33.4 Å². The van der Waals surface area contributed by atoms with E-state index < -0.39 is 62.7 Å². The summed E-state index contributed by atoms with van der Waals surface area (Å²) in [6.45, 7) is 47.0. The second-order valence-corrected chi connectivity index (χ2v) is 25.6. The van der Waals surface area contributed by atoms with Crippen molar-refractivity contribution >= 4 is 35.6 Å². The van der Waals surface area contributed by atoms with Crippen molar-refractivity contribution in [2.45, 2.75) is 220 Å². The second kappa shape index (κ2) is 27.4. The highest BCUT2D eigenvalue weighted by Crippen LogP contribution is 2.28. The first-order valence-corrected chi connectivity index (χ1v) is 23.6. The summed E-state index contributed by atoms with van der Waals surface area (Å²) in [7, 11) is 0. The molecule has 0 heterocycles. The number of hydrogen-bond acceptors (Lipinski definition) is 16. The van der Waals surface area contributed by atoms with E-state index in [0.29, 0.717) is 0 Å². The van der Waals surface area contributed by atoms with E-state index in [1.165, 1.54) is 0 Å². The van der Waals surface area contributed by atoms with Crippen molar-refractivity contribution in [2.24, 2.45) is 10.8 Å². The molecule has 0 saturated carbocycles. The van der Waals surface area contributed by atoms with E-state index in [2.05, 4.69) is 0 Å². The van der Waals surface area contributed by atoms with Gasteiger partial charge in [0, 0.05) is 31.6 Å². The van der Waals surface area contributed by atoms with Gasteiger partial charge >= 0.3 is 29.8 Å². The molecule has 0 rings (SSSR count). The Labute approximate surface area is 413 Å². The minimum atomic E-state index is -0.826. The monoisotopic (exact) mass is 976 g/mol. The van der Waals surface area contributed by atoms with Crippen molar-refractivity contribution in [1.82, 2.24) is 14.7 Å². The highest BCUT2D eigenvalue weighted by Gasteiger charge is 2.40. The third-order valence-corrected chi connectivity index (χ3v) is 8.30. The number of ketones is 1. The highest BCUT2D eigenvalue weighted by atomic mass is 16.6. The lowest BCUT2D eigenvalue weighted by Gasteiger charge is -2.35. The first-order chi connectivity index (χ1) is 29.5. The van der Waals surface area contributed by atoms with Crippen LogP contribution < -0.4 is 0 Å². The zero-order valence-electron chi connectivity index (χ0n) is 46.9. The molecular formula is C52H101N3O13. The molecule has 0 radical (unpaired) electrons. The van der Waals surface area contributed by atoms with E-state index in [9.17, 15) is 28.8 Å². The van der Waals surface area contributed by atoms with E-state index in [4.69, 9.17) is 33.2 Å². The SMILES string of the molecule is C.CC(C)(C)OC(=O)CN(CCN(CC(=O)OC(C)(C)C)CC(=O)OC(C)(C)C)CCN(CC(=O)OC(C)(C)C)CC(=O)C(C)(C)C.CC(C)(C)OCC(C)(COC(C)(C)C)C(=O)OC(C)(C)C. The Morgan fingerprint density at radius 2 is 0.559 bits per heavy atom. The highest BCUT2D eigenvalue weighted by molar-refractivity contribution is 5.86. The van der Waals surface area contributed by atoms with Crippen molar-refractivity contribution < 1.29 is 61.9 Å². The van der Waals surface area contributed by atoms with Crippen LogP contribution in [0.25, 0.3) is 0 Å². The molecule has 0 saturated heterocycles. The lowest BCUT2D eigenvalue weighted by molar-refractivity contribution is -0.182. The summed E-state index contributed by atoms with van der Waals surface area (Å²) in [6.07, 6.45) is 0. The number of carbonyl (C=O) groups excluding carboxylic acids is 6. The van der Waals surface area contributed by atoms with Crippen LogP contribution in [0.3, 0.4) is 0 Å². The van der Waals surface area contributed by atoms with Crippen LogP contribution in [0.4, 0.5) is 0 Å². The predicted molar refractivity (Wildman–Crippen MR) is 269 cm³/mol. The van der Waals surface area contributed by atoms with Crippen molar-refractivity contribution in [3.63, 3.8) is 0 Å². The molecule has 402 valence electrons. The summed E-state index contributed by atoms with van der Waals surface area (Å²) in [6, 6.07) is 0. The Bertz CT molecular complexity index is 1520. The lowest BCUT2D eigenvalue weighted by Crippen LogP contribution is -2.48. The van der Waals surface area contributed by atoms with Gasteiger partial charge in [0.15, 0.2) is 5.78 Å². The third-order valence-electron chi connectivity index (χ3n) is 8.30. The fourth-order valence-corrected chi connectivity index (χ4v) is 5.24. The first kappa shape index (κ1) is 69.1. The summed E-state index contributed by atoms with van der Waals surface area (Å²) in [5, 5.41) is 0. The molecule has 0 aliphatic carbocycles. The molecule has 68 heavy (non-hydrogen) atoms. The topological polar surface area (TPSA) is 177 Å². The van der Waals surface area contributed by atoms with Gasteiger partial charge in [-0.2, -0.15) is 0 Å². The molecule has 0 amide bonds. The number of esters is 5. The van der Waals surface area contributed by atoms with Crippen molar-refractivity contribution in [2.75, 3.05) is 72.1 Å². The Balaban J connectivity index is -0.00000161. The molecule has 0 atom stereocenters. The molecule has 0 aromatic carbocycles. The summed E-state index contributed by atoms with van der Waals surface area (Å²) in [5.74, 6) is -2.26. The Morgan fingerprint density at radius 3 is 0.794 bits per heavy atom. The molecule has 0 aliphatic rings. The summed E-state index contributed by atoms with van der Waals surface area (Å²) < 4.78 is 39.2. The maximum absolute atomic E-state index is 13.0. The smallest absolute Gasteiger partial charge is 0.320 e. The van der Waals surface area contributed by atoms with Crippen LogP contribution in [0, 0.1) is 10.8 Å². The first-order valence-electron chi connectivity index (χ1n) is 23.6. The van der Waals surface area contributed by atoms with Crippen molar-refractivity contribution in [3.05, 3.63) is 0 Å². The molecule has 0 aromatic rings. The Hall–Kier alpha value is -3.18. The minimum absolute atomic E-state index is 0. The molecule has 0 aliphatic heterocycles. The maximum atomic E-state index is 13.0. The molecule has 16 nitrogen and oxygen atoms in total. The number of carbonyl (C=O) groups is 6. The Morgan fingerprint density at radius 1 is 0.324 bits per heavy atom. The van der Waals surface area contributed by atoms with Crippen LogP contribution in [0.1, 0.15) is 181 Å². The lowest BCUT2D eigenvalue weighted by atomic mass is 9.90. The molecule has 0 spiro atoms. The van der Waals surface area contributed by atoms with Gasteiger partial charge in [-0.3, -0.25) is 43.5 Å². The zero-order valence-corrected chi connectivity index (χ0v) is 46.9. The maximum Gasteiger partial charge on any atom is 0.320 e. The van der Waals surface area contributed by atoms with E-state index in [-0.39, 0.29) is 102 Å². The van der Waals surface area contributed by atoms with Gasteiger partial charge in [-0.05, 0) is 152 Å². The van der Waals surface area contributed by atoms with Crippen molar-refractivity contribution in [3.8, 4) is 0 Å². The van der Waals surface area contributed by atoms with E-state index in [1.54, 1.807) is 92.9 Å². The third kappa shape index (κ3) is 39.6. The van der Waals surface area contributed by atoms with Crippen LogP contribution in [0.2, 0.25) is 0 Å². The van der Waals surface area contributed by atoms with Gasteiger partial charge in [0.25, 0.3) is 0 Å². The zero-order chi connectivity index (χ0) is 53.4. The molecule has 0 unspecified atom stereocenters. The number of rotatable bonds is 21. The molecule has 0 N–H and O–H groups in total. The summed E-state index contributed by atoms with van der Waals surface area (Å²) >= 11 is 0. The number of ether oxygens (including phenoxy) is 7. The molecule has 0 bridgehead atoms. The van der Waals surface area contributed by atoms with Gasteiger partial charge in [-0.1, -0.05) is 28.2 Å². The fraction of sp³-hybridized carbons (Fsp3) is 0.885.